The van der Waals surface area contributed by atoms with Crippen LogP contribution in [0.15, 0.2) is 60.7 Å². The van der Waals surface area contributed by atoms with E-state index in [1.54, 1.807) is 32.3 Å². The van der Waals surface area contributed by atoms with Gasteiger partial charge in [-0.25, -0.2) is 14.2 Å². The van der Waals surface area contributed by atoms with Crippen molar-refractivity contribution < 1.29 is 23.5 Å². The molecule has 34 heavy (non-hydrogen) atoms. The minimum atomic E-state index is -0.526. The number of benzene rings is 2. The standard InChI is InChI=1S/C26H26FN3O4/c1-17-15-33-24-22(30(17)26(32)34-16-19-7-5-4-6-8-19)14-20(23(28-24)25(31)29(2)3)13-18-9-11-21(27)12-10-18/h4-12,14,17H,13,15-16H2,1-3H3/t17-/m0/s1. The molecule has 3 aromatic rings. The minimum Gasteiger partial charge on any atom is -0.474 e. The van der Waals surface area contributed by atoms with Crippen molar-refractivity contribution in [3.05, 3.63) is 88.9 Å². The molecule has 0 aliphatic carbocycles. The molecule has 1 aromatic heterocycles. The van der Waals surface area contributed by atoms with Gasteiger partial charge in [0, 0.05) is 14.1 Å². The second-order valence-corrected chi connectivity index (χ2v) is 8.39. The molecule has 1 aliphatic heterocycles. The highest BCUT2D eigenvalue weighted by Crippen LogP contribution is 2.35. The van der Waals surface area contributed by atoms with E-state index in [0.29, 0.717) is 17.7 Å². The molecule has 0 unspecified atom stereocenters. The third-order valence-electron chi connectivity index (χ3n) is 5.53. The van der Waals surface area contributed by atoms with Crippen molar-refractivity contribution in [1.29, 1.82) is 0 Å². The van der Waals surface area contributed by atoms with Gasteiger partial charge in [0.2, 0.25) is 5.88 Å². The van der Waals surface area contributed by atoms with Gasteiger partial charge in [-0.15, -0.1) is 0 Å². The van der Waals surface area contributed by atoms with Gasteiger partial charge in [0.25, 0.3) is 5.91 Å². The number of anilines is 1. The first-order valence-corrected chi connectivity index (χ1v) is 11.0. The predicted octanol–water partition coefficient (Wildman–Crippen LogP) is 4.44. The van der Waals surface area contributed by atoms with Crippen LogP contribution in [-0.2, 0) is 17.8 Å². The Bertz CT molecular complexity index is 1180. The third kappa shape index (κ3) is 5.01. The number of hydrogen-bond donors (Lipinski definition) is 0. The number of aromatic nitrogens is 1. The molecule has 0 N–H and O–H groups in total. The molecule has 0 saturated carbocycles. The van der Waals surface area contributed by atoms with E-state index >= 15 is 0 Å². The molecule has 7 nitrogen and oxygen atoms in total. The quantitative estimate of drug-likeness (QED) is 0.560. The maximum Gasteiger partial charge on any atom is 0.415 e. The minimum absolute atomic E-state index is 0.131. The summed E-state index contributed by atoms with van der Waals surface area (Å²) in [6.07, 6.45) is -0.196. The Labute approximate surface area is 197 Å². The predicted molar refractivity (Wildman–Crippen MR) is 126 cm³/mol. The summed E-state index contributed by atoms with van der Waals surface area (Å²) >= 11 is 0. The first kappa shape index (κ1) is 23.2. The van der Waals surface area contributed by atoms with E-state index in [4.69, 9.17) is 9.47 Å². The number of amides is 2. The van der Waals surface area contributed by atoms with Crippen LogP contribution in [0.2, 0.25) is 0 Å². The van der Waals surface area contributed by atoms with Gasteiger partial charge in [-0.2, -0.15) is 0 Å². The van der Waals surface area contributed by atoms with Crippen LogP contribution in [0, 0.1) is 5.82 Å². The molecule has 176 valence electrons. The second-order valence-electron chi connectivity index (χ2n) is 8.39. The van der Waals surface area contributed by atoms with E-state index in [9.17, 15) is 14.0 Å². The van der Waals surface area contributed by atoms with Crippen molar-refractivity contribution in [2.75, 3.05) is 25.6 Å². The smallest absolute Gasteiger partial charge is 0.415 e. The highest BCUT2D eigenvalue weighted by Gasteiger charge is 2.34. The molecule has 0 spiro atoms. The topological polar surface area (TPSA) is 72.0 Å². The Morgan fingerprint density at radius 3 is 2.50 bits per heavy atom. The Kier molecular flexibility index (Phi) is 6.77. The van der Waals surface area contributed by atoms with Gasteiger partial charge in [-0.05, 0) is 48.2 Å². The summed E-state index contributed by atoms with van der Waals surface area (Å²) in [5.74, 6) is -0.436. The highest BCUT2D eigenvalue weighted by atomic mass is 19.1. The van der Waals surface area contributed by atoms with Gasteiger partial charge >= 0.3 is 6.09 Å². The lowest BCUT2D eigenvalue weighted by atomic mass is 10.0. The molecule has 0 saturated heterocycles. The van der Waals surface area contributed by atoms with Gasteiger partial charge in [0.05, 0.1) is 6.04 Å². The number of pyridine rings is 1. The van der Waals surface area contributed by atoms with Crippen LogP contribution < -0.4 is 9.64 Å². The molecule has 0 radical (unpaired) electrons. The maximum absolute atomic E-state index is 13.4. The van der Waals surface area contributed by atoms with E-state index in [2.05, 4.69) is 4.98 Å². The first-order chi connectivity index (χ1) is 16.3. The number of carbonyl (C=O) groups is 2. The Morgan fingerprint density at radius 2 is 1.82 bits per heavy atom. The van der Waals surface area contributed by atoms with Crippen LogP contribution >= 0.6 is 0 Å². The molecule has 2 heterocycles. The fourth-order valence-electron chi connectivity index (χ4n) is 3.74. The fraction of sp³-hybridized carbons (Fsp3) is 0.269. The summed E-state index contributed by atoms with van der Waals surface area (Å²) < 4.78 is 24.8. The summed E-state index contributed by atoms with van der Waals surface area (Å²) in [6, 6.07) is 16.9. The maximum atomic E-state index is 13.4. The van der Waals surface area contributed by atoms with Crippen molar-refractivity contribution in [1.82, 2.24) is 9.88 Å². The van der Waals surface area contributed by atoms with Crippen LogP contribution in [0.1, 0.15) is 34.1 Å². The lowest BCUT2D eigenvalue weighted by Crippen LogP contribution is -2.45. The number of ether oxygens (including phenoxy) is 2. The molecule has 1 aliphatic rings. The van der Waals surface area contributed by atoms with Gasteiger partial charge in [0.15, 0.2) is 0 Å². The van der Waals surface area contributed by atoms with Gasteiger partial charge < -0.3 is 14.4 Å². The third-order valence-corrected chi connectivity index (χ3v) is 5.53. The summed E-state index contributed by atoms with van der Waals surface area (Å²) in [5, 5.41) is 0. The molecule has 1 atom stereocenters. The highest BCUT2D eigenvalue weighted by molar-refractivity contribution is 5.96. The van der Waals surface area contributed by atoms with Crippen molar-refractivity contribution in [2.24, 2.45) is 0 Å². The molecule has 2 amide bonds. The van der Waals surface area contributed by atoms with Crippen molar-refractivity contribution in [3.8, 4) is 5.88 Å². The average Bonchev–Trinajstić information content (AvgIpc) is 2.83. The zero-order valence-corrected chi connectivity index (χ0v) is 19.3. The van der Waals surface area contributed by atoms with E-state index in [1.807, 2.05) is 37.3 Å². The van der Waals surface area contributed by atoms with Gasteiger partial charge in [-0.3, -0.25) is 9.69 Å². The molecule has 0 bridgehead atoms. The number of nitrogens with zero attached hydrogens (tertiary/aromatic N) is 3. The average molecular weight is 464 g/mol. The zero-order valence-electron chi connectivity index (χ0n) is 19.3. The zero-order chi connectivity index (χ0) is 24.2. The van der Waals surface area contributed by atoms with Crippen LogP contribution in [-0.4, -0.2) is 48.6 Å². The fourth-order valence-corrected chi connectivity index (χ4v) is 3.74. The summed E-state index contributed by atoms with van der Waals surface area (Å²) in [7, 11) is 3.28. The Balaban J connectivity index is 1.69. The van der Waals surface area contributed by atoms with Gasteiger partial charge in [-0.1, -0.05) is 42.5 Å². The Morgan fingerprint density at radius 1 is 1.12 bits per heavy atom. The normalized spacial score (nSPS) is 14.7. The van der Waals surface area contributed by atoms with Crippen molar-refractivity contribution in [2.45, 2.75) is 26.0 Å². The van der Waals surface area contributed by atoms with E-state index in [1.165, 1.54) is 21.9 Å². The summed E-state index contributed by atoms with van der Waals surface area (Å²) in [6.45, 7) is 2.20. The molecule has 4 rings (SSSR count). The van der Waals surface area contributed by atoms with E-state index < -0.39 is 6.09 Å². The first-order valence-electron chi connectivity index (χ1n) is 11.0. The van der Waals surface area contributed by atoms with Crippen molar-refractivity contribution >= 4 is 17.7 Å². The SMILES string of the molecule is C[C@H]1COc2nc(C(=O)N(C)C)c(Cc3ccc(F)cc3)cc2N1C(=O)OCc1ccccc1. The number of rotatable bonds is 5. The van der Waals surface area contributed by atoms with Crippen LogP contribution in [0.4, 0.5) is 14.9 Å². The Hall–Kier alpha value is -3.94. The monoisotopic (exact) mass is 463 g/mol. The van der Waals surface area contributed by atoms with Crippen molar-refractivity contribution in [3.63, 3.8) is 0 Å². The number of halogens is 1. The van der Waals surface area contributed by atoms with E-state index in [-0.39, 0.29) is 42.6 Å². The lowest BCUT2D eigenvalue weighted by Gasteiger charge is -2.34. The number of hydrogen-bond acceptors (Lipinski definition) is 5. The van der Waals surface area contributed by atoms with Gasteiger partial charge in [0.1, 0.15) is 30.4 Å². The molecule has 0 fully saturated rings. The summed E-state index contributed by atoms with van der Waals surface area (Å²) in [5.41, 5.74) is 2.94. The largest absolute Gasteiger partial charge is 0.474 e. The number of fused-ring (bicyclic) bond motifs is 1. The molecule has 8 heteroatoms. The van der Waals surface area contributed by atoms with Crippen LogP contribution in [0.3, 0.4) is 0 Å². The van der Waals surface area contributed by atoms with Crippen LogP contribution in [0.25, 0.3) is 0 Å². The van der Waals surface area contributed by atoms with Crippen LogP contribution in [0.5, 0.6) is 5.88 Å². The summed E-state index contributed by atoms with van der Waals surface area (Å²) in [4.78, 5) is 33.4. The second kappa shape index (κ2) is 9.91. The molecular formula is C26H26FN3O4. The lowest BCUT2D eigenvalue weighted by molar-refractivity contribution is 0.0819. The molecular weight excluding hydrogens is 437 g/mol. The molecule has 2 aromatic carbocycles. The van der Waals surface area contributed by atoms with E-state index in [0.717, 1.165) is 11.1 Å². The number of carbonyl (C=O) groups excluding carboxylic acids is 2.